The molecule has 1 radical (unpaired) electrons. The van der Waals surface area contributed by atoms with Gasteiger partial charge < -0.3 is 19.7 Å². The first-order valence-electron chi connectivity index (χ1n) is 21.4. The normalized spacial score (nSPS) is 12.3. The molecule has 9 rings (SSSR count). The van der Waals surface area contributed by atoms with Gasteiger partial charge in [0.25, 0.3) is 20.2 Å². The van der Waals surface area contributed by atoms with Gasteiger partial charge in [0.1, 0.15) is 55.9 Å². The third-order valence-corrected chi connectivity index (χ3v) is 14.7. The molecule has 0 bridgehead atoms. The Labute approximate surface area is 466 Å². The van der Waals surface area contributed by atoms with Crippen LogP contribution in [0.2, 0.25) is 0 Å². The molecule has 413 valence electrons. The number of methoxy groups -OCH3 is 2. The quantitative estimate of drug-likeness (QED) is 0.00930. The van der Waals surface area contributed by atoms with Crippen molar-refractivity contribution in [2.24, 2.45) is 30.7 Å². The molecule has 0 saturated heterocycles. The largest absolute Gasteiger partial charge is 0.506 e. The molecule has 8 aromatic carbocycles. The second-order valence-corrected chi connectivity index (χ2v) is 20.9. The van der Waals surface area contributed by atoms with Gasteiger partial charge in [-0.2, -0.15) is 31.9 Å². The number of aromatic hydroxyl groups is 2. The van der Waals surface area contributed by atoms with Crippen LogP contribution in [0.1, 0.15) is 5.56 Å². The maximum atomic E-state index is 12.2. The number of hydrogen-bond donors (Lipinski definition) is 7. The van der Waals surface area contributed by atoms with Crippen LogP contribution in [-0.4, -0.2) is 81.1 Å². The summed E-state index contributed by atoms with van der Waals surface area (Å²) in [7, 11) is -7.15. The third-order valence-electron chi connectivity index (χ3n) is 11.2. The maximum absolute atomic E-state index is 12.2. The molecule has 0 fully saturated rings. The van der Waals surface area contributed by atoms with Gasteiger partial charge in [-0.25, -0.2) is 15.8 Å². The first-order valence-corrected chi connectivity index (χ1v) is 26.5. The topological polar surface area (TPSA) is 389 Å². The molecule has 0 saturated carbocycles. The summed E-state index contributed by atoms with van der Waals surface area (Å²) in [6, 6.07) is 24.6. The van der Waals surface area contributed by atoms with Gasteiger partial charge in [0.15, 0.2) is 5.75 Å². The van der Waals surface area contributed by atoms with Crippen molar-refractivity contribution in [2.45, 2.75) is 31.4 Å². The van der Waals surface area contributed by atoms with Gasteiger partial charge in [-0.15, -0.1) is 43.7 Å². The van der Waals surface area contributed by atoms with E-state index in [9.17, 15) is 36.2 Å². The number of ether oxygens (including phenoxy) is 2. The second kappa shape index (κ2) is 24.5. The van der Waals surface area contributed by atoms with E-state index < -0.39 is 41.5 Å². The van der Waals surface area contributed by atoms with Crippen molar-refractivity contribution in [3.8, 4) is 28.7 Å². The molecular weight excluding hydrogens is 1190 g/mol. The molecule has 1 aromatic heterocycles. The SMILES string of the molecule is COc1cc(N=Nc2ccc3c(SOOO)cc(SOOO)cc3c2)c(C)cc1N=Nc1cc(O)c(N=Nc2c(SOOO)cc3cc(-n4nc5ccc6c(S(=O)(=O)O)cc(S(=O)(=O)O)cc6c5n4)ccc3c2O)cc1OC.[Cu]. The number of nitrogens with zero attached hydrogens (tertiary/aromatic N) is 9. The Hall–Kier alpha value is -7.03. The van der Waals surface area contributed by atoms with E-state index in [2.05, 4.69) is 69.0 Å². The van der Waals surface area contributed by atoms with Gasteiger partial charge in [-0.1, -0.05) is 27.2 Å². The number of phenolic OH excluding ortho intramolecular Hbond substituents is 2. The van der Waals surface area contributed by atoms with Crippen LogP contribution in [0.4, 0.5) is 34.1 Å². The first-order chi connectivity index (χ1) is 37.4. The van der Waals surface area contributed by atoms with Crippen LogP contribution < -0.4 is 9.47 Å². The zero-order chi connectivity index (χ0) is 55.5. The molecule has 7 N–H and O–H groups in total. The van der Waals surface area contributed by atoms with E-state index in [1.807, 2.05) is 0 Å². The Morgan fingerprint density at radius 1 is 0.557 bits per heavy atom. The van der Waals surface area contributed by atoms with E-state index in [1.54, 1.807) is 49.4 Å². The zero-order valence-corrected chi connectivity index (χ0v) is 44.7. The van der Waals surface area contributed by atoms with Crippen LogP contribution >= 0.6 is 36.1 Å². The van der Waals surface area contributed by atoms with E-state index in [4.69, 9.17) is 25.2 Å². The molecule has 0 aliphatic carbocycles. The number of phenols is 2. The van der Waals surface area contributed by atoms with Gasteiger partial charge in [-0.3, -0.25) is 9.11 Å². The second-order valence-electron chi connectivity index (χ2n) is 15.8. The number of aryl methyl sites for hydroxylation is 1. The van der Waals surface area contributed by atoms with Crippen molar-refractivity contribution < 1.29 is 107 Å². The van der Waals surface area contributed by atoms with Gasteiger partial charge in [0.2, 0.25) is 0 Å². The molecule has 79 heavy (non-hydrogen) atoms. The standard InChI is InChI=1S/C45H33N9O19S5.Cu/c1-21-10-35(38(66-2)19-33(21)47-46-24-4-6-28-22(11-24)13-26(74-71-68-57)15-40(28)75-72-69-58)49-50-36-18-37(55)34(20-39(36)67-3)48-51-44-41(76-73-70-59)14-23-12-25(5-7-29(23)45(44)56)54-52-32-9-8-30-31(43(32)53-54)16-27(77(60,61)62)17-42(30)78(63,64)65;/h4-20,55-59H,1-3H3,(H,60,61,62)(H,63,64,65);. The molecule has 0 atom stereocenters. The van der Waals surface area contributed by atoms with Gasteiger partial charge in [0, 0.05) is 61.2 Å². The fraction of sp³-hybridized carbons (Fsp3) is 0.0667. The monoisotopic (exact) mass is 1230 g/mol. The van der Waals surface area contributed by atoms with Crippen molar-refractivity contribution in [3.63, 3.8) is 0 Å². The van der Waals surface area contributed by atoms with E-state index in [1.165, 1.54) is 62.8 Å². The number of rotatable bonds is 20. The molecule has 0 amide bonds. The van der Waals surface area contributed by atoms with Crippen molar-refractivity contribution in [1.29, 1.82) is 0 Å². The first kappa shape index (κ1) is 58.1. The Kier molecular flexibility index (Phi) is 18.1. The Morgan fingerprint density at radius 3 is 1.86 bits per heavy atom. The molecule has 0 spiro atoms. The molecule has 9 aromatic rings. The summed E-state index contributed by atoms with van der Waals surface area (Å²) >= 11 is 1.87. The van der Waals surface area contributed by atoms with Gasteiger partial charge in [-0.05, 0) is 101 Å². The summed E-state index contributed by atoms with van der Waals surface area (Å²) in [6.07, 6.45) is 0. The van der Waals surface area contributed by atoms with Crippen LogP contribution in [0.15, 0.2) is 158 Å². The summed E-state index contributed by atoms with van der Waals surface area (Å²) in [5.41, 5.74) is 1.95. The van der Waals surface area contributed by atoms with E-state index in [-0.39, 0.29) is 89.1 Å². The van der Waals surface area contributed by atoms with Crippen LogP contribution in [-0.2, 0) is 65.4 Å². The molecule has 0 aliphatic rings. The summed E-state index contributed by atoms with van der Waals surface area (Å²) < 4.78 is 93.3. The van der Waals surface area contributed by atoms with E-state index >= 15 is 0 Å². The van der Waals surface area contributed by atoms with Crippen LogP contribution in [0.25, 0.3) is 49.0 Å². The number of fused-ring (bicyclic) bond motifs is 5. The number of benzene rings is 8. The number of hydrogen-bond acceptors (Lipinski definition) is 28. The summed E-state index contributed by atoms with van der Waals surface area (Å²) in [4.78, 5) is 0.590. The maximum Gasteiger partial charge on any atom is 0.295 e. The fourth-order valence-electron chi connectivity index (χ4n) is 7.69. The minimum Gasteiger partial charge on any atom is -0.506 e. The van der Waals surface area contributed by atoms with Crippen LogP contribution in [0.3, 0.4) is 0 Å². The smallest absolute Gasteiger partial charge is 0.295 e. The van der Waals surface area contributed by atoms with E-state index in [0.717, 1.165) is 22.9 Å². The minimum absolute atomic E-state index is 0. The van der Waals surface area contributed by atoms with Crippen LogP contribution in [0.5, 0.6) is 23.0 Å². The Balaban J connectivity index is 0.00000822. The molecule has 1 heterocycles. The van der Waals surface area contributed by atoms with Crippen molar-refractivity contribution in [2.75, 3.05) is 14.2 Å². The van der Waals surface area contributed by atoms with Crippen molar-refractivity contribution in [3.05, 3.63) is 109 Å². The van der Waals surface area contributed by atoms with Crippen molar-refractivity contribution in [1.82, 2.24) is 15.0 Å². The average molecular weight is 1230 g/mol. The fourth-order valence-corrected chi connectivity index (χ4v) is 10.6. The summed E-state index contributed by atoms with van der Waals surface area (Å²) in [5.74, 6) is -0.522. The Morgan fingerprint density at radius 2 is 1.18 bits per heavy atom. The predicted octanol–water partition coefficient (Wildman–Crippen LogP) is 12.6. The minimum atomic E-state index is -4.98. The molecule has 28 nitrogen and oxygen atoms in total. The average Bonchev–Trinajstić information content (AvgIpc) is 3.93. The molecular formula is C45H33CuN9O19S5. The molecule has 0 aliphatic heterocycles. The number of aromatic nitrogens is 3. The number of azo groups is 3. The van der Waals surface area contributed by atoms with Crippen molar-refractivity contribution >= 4 is 134 Å². The van der Waals surface area contributed by atoms with Gasteiger partial charge in [0.05, 0.1) is 77.2 Å². The molecule has 0 unspecified atom stereocenters. The van der Waals surface area contributed by atoms with E-state index in [0.29, 0.717) is 73.0 Å². The van der Waals surface area contributed by atoms with Gasteiger partial charge >= 0.3 is 0 Å². The summed E-state index contributed by atoms with van der Waals surface area (Å²) in [6.45, 7) is 1.77. The molecule has 34 heteroatoms. The zero-order valence-electron chi connectivity index (χ0n) is 39.7. The van der Waals surface area contributed by atoms with Crippen LogP contribution in [0, 0.1) is 6.92 Å². The Bertz CT molecular complexity index is 4180. The summed E-state index contributed by atoms with van der Waals surface area (Å²) in [5, 5.41) is 96.6. The predicted molar refractivity (Wildman–Crippen MR) is 276 cm³/mol. The third kappa shape index (κ3) is 12.7.